The molecule has 9 heteroatoms. The first kappa shape index (κ1) is 20.1. The number of furan rings is 1. The number of carbonyl (C=O) groups excluding carboxylic acids is 1. The molecule has 2 heterocycles. The third-order valence-electron chi connectivity index (χ3n) is 4.30. The van der Waals surface area contributed by atoms with E-state index in [4.69, 9.17) is 9.52 Å². The van der Waals surface area contributed by atoms with Gasteiger partial charge in [0.05, 0.1) is 21.9 Å². The van der Waals surface area contributed by atoms with Gasteiger partial charge >= 0.3 is 11.9 Å². The maximum atomic E-state index is 12.4. The molecular formula is C21H13Br2N3O4. The number of hydrazone groups is 1. The molecule has 0 atom stereocenters. The van der Waals surface area contributed by atoms with Gasteiger partial charge in [-0.05, 0) is 70.5 Å². The molecule has 0 aliphatic carbocycles. The number of nitrogens with zero attached hydrogens (tertiary/aromatic N) is 2. The Hall–Kier alpha value is -3.17. The van der Waals surface area contributed by atoms with E-state index in [0.717, 1.165) is 20.0 Å². The van der Waals surface area contributed by atoms with E-state index in [9.17, 15) is 9.59 Å². The van der Waals surface area contributed by atoms with Crippen LogP contribution in [-0.2, 0) is 0 Å². The van der Waals surface area contributed by atoms with Crippen LogP contribution in [-0.4, -0.2) is 27.8 Å². The number of hydrogen-bond donors (Lipinski definition) is 2. The van der Waals surface area contributed by atoms with Crippen molar-refractivity contribution in [3.63, 3.8) is 0 Å². The van der Waals surface area contributed by atoms with Crippen LogP contribution in [0.15, 0.2) is 79.3 Å². The number of nitrogens with one attached hydrogen (secondary N) is 1. The Bertz CT molecular complexity index is 1290. The molecule has 4 aromatic rings. The molecule has 150 valence electrons. The summed E-state index contributed by atoms with van der Waals surface area (Å²) in [5.41, 5.74) is 4.71. The van der Waals surface area contributed by atoms with Crippen LogP contribution in [0.25, 0.3) is 16.7 Å². The predicted molar refractivity (Wildman–Crippen MR) is 119 cm³/mol. The second kappa shape index (κ2) is 8.29. The lowest BCUT2D eigenvalue weighted by Crippen LogP contribution is -2.17. The summed E-state index contributed by atoms with van der Waals surface area (Å²) in [6, 6.07) is 15.4. The van der Waals surface area contributed by atoms with Gasteiger partial charge in [0.2, 0.25) is 0 Å². The molecular weight excluding hydrogens is 518 g/mol. The van der Waals surface area contributed by atoms with Gasteiger partial charge in [-0.25, -0.2) is 10.2 Å². The van der Waals surface area contributed by atoms with E-state index < -0.39 is 11.9 Å². The zero-order chi connectivity index (χ0) is 21.3. The van der Waals surface area contributed by atoms with Gasteiger partial charge < -0.3 is 14.1 Å². The molecule has 0 saturated heterocycles. The van der Waals surface area contributed by atoms with Crippen molar-refractivity contribution in [2.24, 2.45) is 5.10 Å². The summed E-state index contributed by atoms with van der Waals surface area (Å²) < 4.78 is 9.04. The minimum Gasteiger partial charge on any atom is -0.478 e. The van der Waals surface area contributed by atoms with Crippen LogP contribution in [0.2, 0.25) is 0 Å². The minimum absolute atomic E-state index is 0.139. The molecule has 0 aliphatic rings. The Morgan fingerprint density at radius 1 is 1.10 bits per heavy atom. The molecule has 0 saturated carbocycles. The van der Waals surface area contributed by atoms with Crippen molar-refractivity contribution in [2.75, 3.05) is 0 Å². The number of hydrogen-bond acceptors (Lipinski definition) is 4. The quantitative estimate of drug-likeness (QED) is 0.273. The highest BCUT2D eigenvalue weighted by Gasteiger charge is 2.14. The highest BCUT2D eigenvalue weighted by molar-refractivity contribution is 9.11. The molecule has 2 aromatic heterocycles. The average molecular weight is 531 g/mol. The van der Waals surface area contributed by atoms with Crippen molar-refractivity contribution in [1.82, 2.24) is 9.99 Å². The van der Waals surface area contributed by atoms with Crippen LogP contribution in [0.4, 0.5) is 0 Å². The lowest BCUT2D eigenvalue weighted by atomic mass is 10.2. The number of rotatable bonds is 5. The van der Waals surface area contributed by atoms with E-state index >= 15 is 0 Å². The largest absolute Gasteiger partial charge is 0.478 e. The number of fused-ring (bicyclic) bond motifs is 1. The number of halogens is 2. The van der Waals surface area contributed by atoms with Gasteiger partial charge in [-0.1, -0.05) is 15.9 Å². The third kappa shape index (κ3) is 4.07. The van der Waals surface area contributed by atoms with E-state index in [0.29, 0.717) is 11.3 Å². The monoisotopic (exact) mass is 529 g/mol. The van der Waals surface area contributed by atoms with Gasteiger partial charge in [0.15, 0.2) is 5.76 Å². The molecule has 1 amide bonds. The van der Waals surface area contributed by atoms with Crippen LogP contribution in [0, 0.1) is 0 Å². The Morgan fingerprint density at radius 2 is 1.87 bits per heavy atom. The summed E-state index contributed by atoms with van der Waals surface area (Å²) in [5.74, 6) is -1.32. The number of carboxylic acids is 1. The number of amides is 1. The number of carboxylic acid groups (broad SMARTS) is 1. The molecule has 2 aromatic carbocycles. The van der Waals surface area contributed by atoms with Crippen LogP contribution in [0.5, 0.6) is 0 Å². The Balaban J connectivity index is 1.50. The van der Waals surface area contributed by atoms with Gasteiger partial charge in [0, 0.05) is 21.7 Å². The lowest BCUT2D eigenvalue weighted by molar-refractivity contribution is 0.0696. The van der Waals surface area contributed by atoms with E-state index in [1.807, 2.05) is 35.0 Å². The van der Waals surface area contributed by atoms with Gasteiger partial charge in [-0.15, -0.1) is 0 Å². The van der Waals surface area contributed by atoms with Crippen molar-refractivity contribution in [1.29, 1.82) is 0 Å². The van der Waals surface area contributed by atoms with Crippen LogP contribution in [0.1, 0.15) is 26.6 Å². The van der Waals surface area contributed by atoms with E-state index in [-0.39, 0.29) is 11.3 Å². The number of carbonyl (C=O) groups is 2. The van der Waals surface area contributed by atoms with Crippen LogP contribution < -0.4 is 5.43 Å². The normalized spacial score (nSPS) is 11.3. The minimum atomic E-state index is -0.983. The predicted octanol–water partition coefficient (Wildman–Crippen LogP) is 5.21. The van der Waals surface area contributed by atoms with E-state index in [2.05, 4.69) is 42.4 Å². The molecule has 0 aliphatic heterocycles. The molecule has 0 radical (unpaired) electrons. The maximum Gasteiger partial charge on any atom is 0.335 e. The highest BCUT2D eigenvalue weighted by Crippen LogP contribution is 2.30. The first-order valence-electron chi connectivity index (χ1n) is 8.65. The van der Waals surface area contributed by atoms with Gasteiger partial charge in [0.1, 0.15) is 5.58 Å². The fourth-order valence-electron chi connectivity index (χ4n) is 2.90. The summed E-state index contributed by atoms with van der Waals surface area (Å²) in [7, 11) is 0. The first-order chi connectivity index (χ1) is 14.4. The van der Waals surface area contributed by atoms with Crippen LogP contribution in [0.3, 0.4) is 0 Å². The Kier molecular flexibility index (Phi) is 5.56. The number of aromatic carboxylic acids is 1. The molecule has 0 fully saturated rings. The second-order valence-electron chi connectivity index (χ2n) is 6.27. The topological polar surface area (TPSA) is 96.8 Å². The van der Waals surface area contributed by atoms with Gasteiger partial charge in [-0.2, -0.15) is 5.10 Å². The average Bonchev–Trinajstić information content (AvgIpc) is 3.35. The van der Waals surface area contributed by atoms with E-state index in [1.165, 1.54) is 18.3 Å². The maximum absolute atomic E-state index is 12.4. The Morgan fingerprint density at radius 3 is 2.60 bits per heavy atom. The second-order valence-corrected chi connectivity index (χ2v) is 8.04. The fraction of sp³-hybridized carbons (Fsp3) is 0. The van der Waals surface area contributed by atoms with E-state index in [1.54, 1.807) is 18.2 Å². The van der Waals surface area contributed by atoms with Gasteiger partial charge in [-0.3, -0.25) is 4.79 Å². The number of aromatic nitrogens is 1. The van der Waals surface area contributed by atoms with Crippen molar-refractivity contribution in [3.05, 3.63) is 86.8 Å². The van der Waals surface area contributed by atoms with Crippen molar-refractivity contribution >= 4 is 60.9 Å². The molecule has 0 bridgehead atoms. The standard InChI is InChI=1S/C21H13Br2N3O4/c22-14-8-13-9-18(30-19(13)17(23)10-14)20(27)25-24-11-16-2-1-7-26(16)15-5-3-12(4-6-15)21(28)29/h1-11H,(H,25,27)(H,28,29)/b24-11-. The molecule has 30 heavy (non-hydrogen) atoms. The van der Waals surface area contributed by atoms with Gasteiger partial charge in [0.25, 0.3) is 0 Å². The highest BCUT2D eigenvalue weighted by atomic mass is 79.9. The molecule has 0 unspecified atom stereocenters. The zero-order valence-electron chi connectivity index (χ0n) is 15.2. The SMILES string of the molecule is O=C(O)c1ccc(-n2cccc2/C=N\NC(=O)c2cc3cc(Br)cc(Br)c3o2)cc1. The van der Waals surface area contributed by atoms with Crippen molar-refractivity contribution < 1.29 is 19.1 Å². The summed E-state index contributed by atoms with van der Waals surface area (Å²) in [6.45, 7) is 0. The lowest BCUT2D eigenvalue weighted by Gasteiger charge is -2.06. The summed E-state index contributed by atoms with van der Waals surface area (Å²) in [5, 5.41) is 13.8. The molecule has 2 N–H and O–H groups in total. The summed E-state index contributed by atoms with van der Waals surface area (Å²) in [6.07, 6.45) is 3.31. The number of benzene rings is 2. The molecule has 7 nitrogen and oxygen atoms in total. The molecule has 4 rings (SSSR count). The Labute approximate surface area is 187 Å². The smallest absolute Gasteiger partial charge is 0.335 e. The molecule has 0 spiro atoms. The third-order valence-corrected chi connectivity index (χ3v) is 5.34. The fourth-order valence-corrected chi connectivity index (χ4v) is 4.24. The summed E-state index contributed by atoms with van der Waals surface area (Å²) >= 11 is 6.81. The first-order valence-corrected chi connectivity index (χ1v) is 10.2. The zero-order valence-corrected chi connectivity index (χ0v) is 18.3. The van der Waals surface area contributed by atoms with Crippen molar-refractivity contribution in [3.8, 4) is 5.69 Å². The van der Waals surface area contributed by atoms with Crippen molar-refractivity contribution in [2.45, 2.75) is 0 Å². The summed E-state index contributed by atoms with van der Waals surface area (Å²) in [4.78, 5) is 23.4. The van der Waals surface area contributed by atoms with Crippen LogP contribution >= 0.6 is 31.9 Å².